The lowest BCUT2D eigenvalue weighted by Gasteiger charge is -2.14. The van der Waals surface area contributed by atoms with Gasteiger partial charge in [0.1, 0.15) is 11.5 Å². The molecule has 0 aliphatic rings. The van der Waals surface area contributed by atoms with Crippen LogP contribution in [-0.4, -0.2) is 45.4 Å². The number of hydrogen-bond acceptors (Lipinski definition) is 9. The molecule has 1 amide bonds. The molecule has 0 saturated heterocycles. The van der Waals surface area contributed by atoms with Crippen molar-refractivity contribution in [2.75, 3.05) is 21.3 Å². The van der Waals surface area contributed by atoms with Crippen LogP contribution in [0.4, 0.5) is 0 Å². The molecule has 0 aliphatic heterocycles. The van der Waals surface area contributed by atoms with E-state index in [0.717, 1.165) is 4.47 Å². The number of carbonyl (C=O) groups is 3. The van der Waals surface area contributed by atoms with Gasteiger partial charge in [-0.2, -0.15) is 5.10 Å². The van der Waals surface area contributed by atoms with E-state index in [2.05, 4.69) is 26.5 Å². The highest BCUT2D eigenvalue weighted by Gasteiger charge is 2.19. The third-order valence-corrected chi connectivity index (χ3v) is 6.56. The molecule has 11 heteroatoms. The Labute approximate surface area is 262 Å². The molecule has 224 valence electrons. The molecule has 0 bridgehead atoms. The van der Waals surface area contributed by atoms with E-state index in [1.54, 1.807) is 72.8 Å². The van der Waals surface area contributed by atoms with Gasteiger partial charge < -0.3 is 23.7 Å². The molecule has 4 rings (SSSR count). The van der Waals surface area contributed by atoms with E-state index in [-0.39, 0.29) is 17.1 Å². The third kappa shape index (κ3) is 8.11. The molecule has 0 heterocycles. The SMILES string of the molecule is COc1cc(C(=O)Oc2ccccc2/C=C/C(=O)Oc2ccccc2/C=N/NC(=O)c2ccc(Br)cc2)cc(OC)c1OC. The smallest absolute Gasteiger partial charge is 0.343 e. The Bertz CT molecular complexity index is 1690. The zero-order valence-electron chi connectivity index (χ0n) is 23.9. The Morgan fingerprint density at radius 3 is 1.91 bits per heavy atom. The van der Waals surface area contributed by atoms with E-state index >= 15 is 0 Å². The first kappa shape index (κ1) is 31.5. The second kappa shape index (κ2) is 15.2. The van der Waals surface area contributed by atoms with Crippen molar-refractivity contribution in [3.8, 4) is 28.7 Å². The summed E-state index contributed by atoms with van der Waals surface area (Å²) in [6.45, 7) is 0. The number of hydrogen-bond donors (Lipinski definition) is 1. The van der Waals surface area contributed by atoms with Crippen LogP contribution in [0.15, 0.2) is 101 Å². The fourth-order valence-electron chi connectivity index (χ4n) is 3.88. The predicted octanol–water partition coefficient (Wildman–Crippen LogP) is 6.08. The molecule has 4 aromatic carbocycles. The summed E-state index contributed by atoms with van der Waals surface area (Å²) < 4.78 is 27.9. The first-order valence-electron chi connectivity index (χ1n) is 13.0. The molecule has 0 fully saturated rings. The molecule has 0 saturated carbocycles. The molecule has 44 heavy (non-hydrogen) atoms. The number of methoxy groups -OCH3 is 3. The zero-order chi connectivity index (χ0) is 31.5. The lowest BCUT2D eigenvalue weighted by atomic mass is 10.1. The number of halogens is 1. The highest BCUT2D eigenvalue weighted by Crippen LogP contribution is 2.38. The summed E-state index contributed by atoms with van der Waals surface area (Å²) in [5.41, 5.74) is 3.97. The minimum absolute atomic E-state index is 0.170. The van der Waals surface area contributed by atoms with E-state index in [9.17, 15) is 14.4 Å². The molecule has 4 aromatic rings. The van der Waals surface area contributed by atoms with Crippen molar-refractivity contribution in [3.05, 3.63) is 118 Å². The van der Waals surface area contributed by atoms with Gasteiger partial charge in [-0.1, -0.05) is 46.3 Å². The zero-order valence-corrected chi connectivity index (χ0v) is 25.5. The highest BCUT2D eigenvalue weighted by atomic mass is 79.9. The van der Waals surface area contributed by atoms with E-state index < -0.39 is 17.8 Å². The molecule has 0 spiro atoms. The van der Waals surface area contributed by atoms with Crippen molar-refractivity contribution in [1.29, 1.82) is 0 Å². The Balaban J connectivity index is 1.44. The average Bonchev–Trinajstić information content (AvgIpc) is 3.04. The second-order valence-corrected chi connectivity index (χ2v) is 9.76. The van der Waals surface area contributed by atoms with Gasteiger partial charge in [-0.15, -0.1) is 0 Å². The summed E-state index contributed by atoms with van der Waals surface area (Å²) >= 11 is 3.33. The van der Waals surface area contributed by atoms with Gasteiger partial charge in [-0.25, -0.2) is 15.0 Å². The maximum Gasteiger partial charge on any atom is 0.343 e. The Hall–Kier alpha value is -5.42. The summed E-state index contributed by atoms with van der Waals surface area (Å²) in [6, 6.07) is 23.2. The minimum atomic E-state index is -0.685. The van der Waals surface area contributed by atoms with E-state index in [4.69, 9.17) is 23.7 Å². The monoisotopic (exact) mass is 658 g/mol. The van der Waals surface area contributed by atoms with Crippen LogP contribution < -0.4 is 29.1 Å². The minimum Gasteiger partial charge on any atom is -0.493 e. The van der Waals surface area contributed by atoms with Gasteiger partial charge in [-0.3, -0.25) is 4.79 Å². The van der Waals surface area contributed by atoms with Gasteiger partial charge in [0.2, 0.25) is 5.75 Å². The van der Waals surface area contributed by atoms with Gasteiger partial charge in [0.15, 0.2) is 11.5 Å². The van der Waals surface area contributed by atoms with Crippen molar-refractivity contribution >= 4 is 46.1 Å². The topological polar surface area (TPSA) is 122 Å². The lowest BCUT2D eigenvalue weighted by Crippen LogP contribution is -2.17. The van der Waals surface area contributed by atoms with Crippen LogP contribution in [-0.2, 0) is 4.79 Å². The van der Waals surface area contributed by atoms with Crippen LogP contribution in [0.5, 0.6) is 28.7 Å². The predicted molar refractivity (Wildman–Crippen MR) is 168 cm³/mol. The van der Waals surface area contributed by atoms with Gasteiger partial charge in [0.05, 0.1) is 33.1 Å². The second-order valence-electron chi connectivity index (χ2n) is 8.84. The molecular weight excluding hydrogens is 632 g/mol. The number of hydrazone groups is 1. The van der Waals surface area contributed by atoms with Crippen LogP contribution in [0, 0.1) is 0 Å². The van der Waals surface area contributed by atoms with Crippen LogP contribution >= 0.6 is 15.9 Å². The fraction of sp³-hybridized carbons (Fsp3) is 0.0909. The number of nitrogens with one attached hydrogen (secondary N) is 1. The van der Waals surface area contributed by atoms with Crippen LogP contribution in [0.2, 0.25) is 0 Å². The number of carbonyl (C=O) groups excluding carboxylic acids is 3. The van der Waals surface area contributed by atoms with E-state index in [1.165, 1.54) is 51.8 Å². The Morgan fingerprint density at radius 2 is 1.30 bits per heavy atom. The first-order chi connectivity index (χ1) is 21.3. The number of amides is 1. The van der Waals surface area contributed by atoms with Gasteiger partial charge in [0.25, 0.3) is 5.91 Å². The summed E-state index contributed by atoms with van der Waals surface area (Å²) in [4.78, 5) is 38.0. The van der Waals surface area contributed by atoms with Crippen LogP contribution in [0.1, 0.15) is 31.8 Å². The molecule has 0 unspecified atom stereocenters. The maximum atomic E-state index is 13.0. The molecule has 0 aromatic heterocycles. The average molecular weight is 659 g/mol. The van der Waals surface area contributed by atoms with Gasteiger partial charge in [-0.05, 0) is 60.7 Å². The highest BCUT2D eigenvalue weighted by molar-refractivity contribution is 9.10. The molecular formula is C33H27BrN2O8. The van der Waals surface area contributed by atoms with E-state index in [1.807, 2.05) is 0 Å². The fourth-order valence-corrected chi connectivity index (χ4v) is 4.14. The summed E-state index contributed by atoms with van der Waals surface area (Å²) in [5, 5.41) is 3.98. The lowest BCUT2D eigenvalue weighted by molar-refractivity contribution is -0.128. The van der Waals surface area contributed by atoms with Crippen molar-refractivity contribution < 1.29 is 38.1 Å². The molecule has 1 N–H and O–H groups in total. The van der Waals surface area contributed by atoms with Crippen LogP contribution in [0.25, 0.3) is 6.08 Å². The summed E-state index contributed by atoms with van der Waals surface area (Å²) in [7, 11) is 4.35. The summed E-state index contributed by atoms with van der Waals surface area (Å²) in [5.74, 6) is -0.375. The third-order valence-electron chi connectivity index (χ3n) is 6.03. The number of ether oxygens (including phenoxy) is 5. The maximum absolute atomic E-state index is 13.0. The van der Waals surface area contributed by atoms with Crippen molar-refractivity contribution in [3.63, 3.8) is 0 Å². The number of para-hydroxylation sites is 2. The quantitative estimate of drug-likeness (QED) is 0.0677. The van der Waals surface area contributed by atoms with Crippen molar-refractivity contribution in [2.45, 2.75) is 0 Å². The number of benzene rings is 4. The Kier molecular flexibility index (Phi) is 10.9. The van der Waals surface area contributed by atoms with Gasteiger partial charge >= 0.3 is 11.9 Å². The van der Waals surface area contributed by atoms with Crippen LogP contribution in [0.3, 0.4) is 0 Å². The van der Waals surface area contributed by atoms with Gasteiger partial charge in [0, 0.05) is 27.2 Å². The summed E-state index contributed by atoms with van der Waals surface area (Å²) in [6.07, 6.45) is 4.05. The number of esters is 2. The molecule has 10 nitrogen and oxygen atoms in total. The Morgan fingerprint density at radius 1 is 0.705 bits per heavy atom. The largest absolute Gasteiger partial charge is 0.493 e. The van der Waals surface area contributed by atoms with Crippen molar-refractivity contribution in [2.24, 2.45) is 5.10 Å². The van der Waals surface area contributed by atoms with E-state index in [0.29, 0.717) is 33.9 Å². The number of rotatable bonds is 11. The van der Waals surface area contributed by atoms with Crippen molar-refractivity contribution in [1.82, 2.24) is 5.43 Å². The molecule has 0 radical (unpaired) electrons. The standard InChI is InChI=1S/C33H27BrN2O8/c1-40-28-18-24(19-29(41-2)31(28)42-3)33(39)44-26-10-6-4-8-21(26)14-17-30(37)43-27-11-7-5-9-23(27)20-35-36-32(38)22-12-15-25(34)16-13-22/h4-20H,1-3H3,(H,36,38)/b17-14+,35-20+. The number of nitrogens with zero attached hydrogens (tertiary/aromatic N) is 1. The molecule has 0 atom stereocenters. The normalized spacial score (nSPS) is 10.8. The first-order valence-corrected chi connectivity index (χ1v) is 13.8. The molecule has 0 aliphatic carbocycles.